The van der Waals surface area contributed by atoms with Crippen LogP contribution in [0, 0.1) is 20.2 Å². The van der Waals surface area contributed by atoms with Gasteiger partial charge < -0.3 is 0 Å². The summed E-state index contributed by atoms with van der Waals surface area (Å²) >= 11 is 0. The van der Waals surface area contributed by atoms with E-state index in [-0.39, 0.29) is 19.2 Å². The van der Waals surface area contributed by atoms with E-state index in [4.69, 9.17) is 5.73 Å². The van der Waals surface area contributed by atoms with Gasteiger partial charge in [0.25, 0.3) is 5.70 Å². The lowest BCUT2D eigenvalue weighted by atomic mass is 9.88. The lowest BCUT2D eigenvalue weighted by molar-refractivity contribution is -0.570. The van der Waals surface area contributed by atoms with Crippen molar-refractivity contribution in [2.45, 2.75) is 31.7 Å². The Morgan fingerprint density at radius 1 is 1.32 bits per heavy atom. The van der Waals surface area contributed by atoms with Gasteiger partial charge in [0.15, 0.2) is 6.04 Å². The highest BCUT2D eigenvalue weighted by atomic mass is 19.4. The summed E-state index contributed by atoms with van der Waals surface area (Å²) < 4.78 is 38.5. The Labute approximate surface area is 123 Å². The molecule has 2 unspecified atom stereocenters. The van der Waals surface area contributed by atoms with Crippen LogP contribution in [0.5, 0.6) is 0 Å². The van der Waals surface area contributed by atoms with E-state index in [1.54, 1.807) is 13.8 Å². The van der Waals surface area contributed by atoms with Crippen LogP contribution < -0.4 is 5.73 Å². The average molecular weight is 324 g/mol. The molecule has 0 spiro atoms. The molecule has 0 aromatic carbocycles. The molecule has 1 aliphatic rings. The number of likely N-dealkylation sites (N-methyl/N-ethyl adjacent to an activating group) is 1. The van der Waals surface area contributed by atoms with Crippen molar-refractivity contribution in [1.29, 1.82) is 0 Å². The number of hydrogen-bond donors (Lipinski definition) is 1. The predicted molar refractivity (Wildman–Crippen MR) is 69.8 cm³/mol. The van der Waals surface area contributed by atoms with Crippen LogP contribution in [0.3, 0.4) is 0 Å². The van der Waals surface area contributed by atoms with Crippen LogP contribution in [0.1, 0.15) is 13.8 Å². The maximum absolute atomic E-state index is 12.8. The largest absolute Gasteiger partial charge is 0.416 e. The molecular weight excluding hydrogens is 309 g/mol. The lowest BCUT2D eigenvalue weighted by Gasteiger charge is -2.35. The van der Waals surface area contributed by atoms with Crippen LogP contribution in [-0.2, 0) is 0 Å². The van der Waals surface area contributed by atoms with Crippen LogP contribution in [0.15, 0.2) is 23.4 Å². The number of halogens is 3. The maximum Gasteiger partial charge on any atom is 0.416 e. The normalized spacial score (nSPS) is 25.7. The van der Waals surface area contributed by atoms with Crippen molar-refractivity contribution in [3.05, 3.63) is 43.7 Å². The molecule has 8 nitrogen and oxygen atoms in total. The van der Waals surface area contributed by atoms with Crippen molar-refractivity contribution >= 4 is 0 Å². The first-order valence-corrected chi connectivity index (χ1v) is 6.32. The summed E-state index contributed by atoms with van der Waals surface area (Å²) in [4.78, 5) is 21.5. The molecule has 1 rings (SSSR count). The molecule has 11 heteroatoms. The number of alkyl halides is 3. The van der Waals surface area contributed by atoms with Crippen LogP contribution in [0.25, 0.3) is 0 Å². The van der Waals surface area contributed by atoms with Gasteiger partial charge in [0.05, 0.1) is 10.5 Å². The molecule has 124 valence electrons. The summed E-state index contributed by atoms with van der Waals surface area (Å²) in [6.07, 6.45) is -4.43. The Balaban J connectivity index is 3.60. The van der Waals surface area contributed by atoms with Crippen molar-refractivity contribution in [2.75, 3.05) is 13.1 Å². The first kappa shape index (κ1) is 18.0. The van der Waals surface area contributed by atoms with Gasteiger partial charge in [-0.2, -0.15) is 13.2 Å². The summed E-state index contributed by atoms with van der Waals surface area (Å²) in [6, 6.07) is -1.60. The van der Waals surface area contributed by atoms with E-state index in [0.717, 1.165) is 0 Å². The minimum absolute atomic E-state index is 0.147. The summed E-state index contributed by atoms with van der Waals surface area (Å²) in [7, 11) is 0. The number of nitrogens with zero attached hydrogens (tertiary/aromatic N) is 3. The molecule has 0 aromatic rings. The Kier molecular flexibility index (Phi) is 4.92. The third kappa shape index (κ3) is 3.09. The van der Waals surface area contributed by atoms with Crippen LogP contribution >= 0.6 is 0 Å². The Morgan fingerprint density at radius 2 is 1.82 bits per heavy atom. The summed E-state index contributed by atoms with van der Waals surface area (Å²) in [6.45, 7) is 3.44. The molecule has 2 N–H and O–H groups in total. The van der Waals surface area contributed by atoms with E-state index in [1.165, 1.54) is 4.90 Å². The van der Waals surface area contributed by atoms with Gasteiger partial charge in [-0.1, -0.05) is 13.8 Å². The average Bonchev–Trinajstić information content (AvgIpc) is 2.39. The van der Waals surface area contributed by atoms with E-state index in [2.05, 4.69) is 0 Å². The summed E-state index contributed by atoms with van der Waals surface area (Å²) in [5, 5.41) is 22.4. The minimum Gasteiger partial charge on any atom is -0.284 e. The second-order valence-electron chi connectivity index (χ2n) is 4.69. The topological polar surface area (TPSA) is 116 Å². The Hall–Kier alpha value is -2.01. The van der Waals surface area contributed by atoms with Gasteiger partial charge in [-0.05, 0) is 13.1 Å². The zero-order valence-electron chi connectivity index (χ0n) is 11.8. The number of nitro groups is 2. The molecule has 1 aliphatic carbocycles. The first-order chi connectivity index (χ1) is 9.98. The van der Waals surface area contributed by atoms with Crippen LogP contribution in [0.4, 0.5) is 13.2 Å². The van der Waals surface area contributed by atoms with E-state index >= 15 is 0 Å². The van der Waals surface area contributed by atoms with E-state index in [1.807, 2.05) is 0 Å². The fourth-order valence-corrected chi connectivity index (χ4v) is 2.38. The molecule has 0 saturated heterocycles. The fourth-order valence-electron chi connectivity index (χ4n) is 2.38. The molecule has 22 heavy (non-hydrogen) atoms. The van der Waals surface area contributed by atoms with Gasteiger partial charge in [-0.25, -0.2) is 0 Å². The van der Waals surface area contributed by atoms with Gasteiger partial charge in [0, 0.05) is 17.1 Å². The van der Waals surface area contributed by atoms with Crippen LogP contribution in [0.2, 0.25) is 0 Å². The standard InChI is InChI=1S/C11H15F3N4O4/c1-3-16(4-2)9-8(17(19)20)5-7(11(12,13)14)6-10(9,15)18(21)22/h5-6,9H,3-4,15H2,1-2H3. The summed E-state index contributed by atoms with van der Waals surface area (Å²) in [5.41, 5.74) is 0.364. The Morgan fingerprint density at radius 3 is 2.14 bits per heavy atom. The van der Waals surface area contributed by atoms with Crippen molar-refractivity contribution in [1.82, 2.24) is 4.90 Å². The number of nitrogens with two attached hydrogens (primary N) is 1. The number of hydrogen-bond acceptors (Lipinski definition) is 6. The molecule has 0 fully saturated rings. The van der Waals surface area contributed by atoms with Crippen LogP contribution in [-0.4, -0.2) is 45.7 Å². The Bertz CT molecular complexity index is 542. The molecule has 0 bridgehead atoms. The monoisotopic (exact) mass is 324 g/mol. The zero-order valence-corrected chi connectivity index (χ0v) is 11.8. The number of rotatable bonds is 5. The minimum atomic E-state index is -4.98. The molecule has 2 atom stereocenters. The van der Waals surface area contributed by atoms with Gasteiger partial charge in [0.2, 0.25) is 0 Å². The van der Waals surface area contributed by atoms with Gasteiger partial charge in [-0.15, -0.1) is 0 Å². The molecular formula is C11H15F3N4O4. The van der Waals surface area contributed by atoms with E-state index < -0.39 is 39.0 Å². The van der Waals surface area contributed by atoms with Crippen molar-refractivity contribution in [3.8, 4) is 0 Å². The second kappa shape index (κ2) is 6.01. The number of allylic oxidation sites excluding steroid dienone is 2. The molecule has 0 radical (unpaired) electrons. The molecule has 0 heterocycles. The highest BCUT2D eigenvalue weighted by Gasteiger charge is 2.58. The molecule has 0 aliphatic heterocycles. The lowest BCUT2D eigenvalue weighted by Crippen LogP contribution is -2.65. The smallest absolute Gasteiger partial charge is 0.284 e. The van der Waals surface area contributed by atoms with E-state index in [0.29, 0.717) is 6.08 Å². The molecule has 0 amide bonds. The zero-order chi connectivity index (χ0) is 17.3. The third-order valence-corrected chi connectivity index (χ3v) is 3.44. The van der Waals surface area contributed by atoms with Gasteiger partial charge in [0.1, 0.15) is 0 Å². The molecule has 0 aromatic heterocycles. The van der Waals surface area contributed by atoms with Crippen molar-refractivity contribution in [3.63, 3.8) is 0 Å². The van der Waals surface area contributed by atoms with Crippen molar-refractivity contribution in [2.24, 2.45) is 5.73 Å². The fraction of sp³-hybridized carbons (Fsp3) is 0.636. The highest BCUT2D eigenvalue weighted by molar-refractivity contribution is 5.37. The summed E-state index contributed by atoms with van der Waals surface area (Å²) in [5.74, 6) is 0. The quantitative estimate of drug-likeness (QED) is 0.463. The maximum atomic E-state index is 12.8. The third-order valence-electron chi connectivity index (χ3n) is 3.44. The first-order valence-electron chi connectivity index (χ1n) is 6.32. The SMILES string of the molecule is CCN(CC)C1C([N+](=O)[O-])=CC(C(F)(F)F)=CC1(N)[N+](=O)[O-]. The highest BCUT2D eigenvalue weighted by Crippen LogP contribution is 2.37. The molecule has 0 saturated carbocycles. The van der Waals surface area contributed by atoms with E-state index in [9.17, 15) is 33.4 Å². The predicted octanol–water partition coefficient (Wildman–Crippen LogP) is 1.29. The van der Waals surface area contributed by atoms with Gasteiger partial charge in [-0.3, -0.25) is 30.9 Å². The second-order valence-corrected chi connectivity index (χ2v) is 4.69. The van der Waals surface area contributed by atoms with Gasteiger partial charge >= 0.3 is 11.8 Å². The van der Waals surface area contributed by atoms with Crippen molar-refractivity contribution < 1.29 is 23.0 Å².